The molecule has 1 aliphatic carbocycles. The zero-order chi connectivity index (χ0) is 18.3. The second-order valence-corrected chi connectivity index (χ2v) is 8.37. The Morgan fingerprint density at radius 2 is 1.96 bits per heavy atom. The van der Waals surface area contributed by atoms with Gasteiger partial charge in [-0.25, -0.2) is 4.98 Å². The number of halogens is 1. The summed E-state index contributed by atoms with van der Waals surface area (Å²) in [5.41, 5.74) is 1.70. The van der Waals surface area contributed by atoms with Crippen LogP contribution in [0.4, 0.5) is 0 Å². The Kier molecular flexibility index (Phi) is 4.71. The van der Waals surface area contributed by atoms with Crippen molar-refractivity contribution in [2.45, 2.75) is 19.3 Å². The summed E-state index contributed by atoms with van der Waals surface area (Å²) in [4.78, 5) is 30.4. The minimum Gasteiger partial charge on any atom is -0.481 e. The molecule has 5 nitrogen and oxygen atoms in total. The molecular formula is C19H19ClN2O3S. The van der Waals surface area contributed by atoms with Crippen LogP contribution in [0.15, 0.2) is 29.6 Å². The first kappa shape index (κ1) is 17.5. The van der Waals surface area contributed by atoms with Crippen LogP contribution in [0, 0.1) is 17.8 Å². The van der Waals surface area contributed by atoms with Crippen molar-refractivity contribution in [1.82, 2.24) is 9.88 Å². The average molecular weight is 391 g/mol. The van der Waals surface area contributed by atoms with Crippen molar-refractivity contribution in [1.29, 1.82) is 0 Å². The van der Waals surface area contributed by atoms with E-state index in [1.807, 2.05) is 29.6 Å². The molecule has 1 amide bonds. The van der Waals surface area contributed by atoms with Crippen LogP contribution in [0.25, 0.3) is 10.6 Å². The van der Waals surface area contributed by atoms with Gasteiger partial charge in [0.2, 0.25) is 5.91 Å². The molecule has 1 saturated carbocycles. The van der Waals surface area contributed by atoms with E-state index in [9.17, 15) is 14.7 Å². The van der Waals surface area contributed by atoms with Gasteiger partial charge in [0.1, 0.15) is 5.01 Å². The van der Waals surface area contributed by atoms with E-state index in [1.54, 1.807) is 4.90 Å². The lowest BCUT2D eigenvalue weighted by atomic mass is 9.92. The van der Waals surface area contributed by atoms with Crippen molar-refractivity contribution in [3.05, 3.63) is 40.4 Å². The number of hydrogen-bond acceptors (Lipinski definition) is 4. The van der Waals surface area contributed by atoms with Crippen molar-refractivity contribution in [3.63, 3.8) is 0 Å². The number of nitrogens with zero attached hydrogens (tertiary/aromatic N) is 2. The summed E-state index contributed by atoms with van der Waals surface area (Å²) in [6.45, 7) is 0.887. The third kappa shape index (κ3) is 3.62. The van der Waals surface area contributed by atoms with Gasteiger partial charge < -0.3 is 10.0 Å². The van der Waals surface area contributed by atoms with E-state index in [1.165, 1.54) is 11.3 Å². The van der Waals surface area contributed by atoms with Gasteiger partial charge in [-0.2, -0.15) is 0 Å². The summed E-state index contributed by atoms with van der Waals surface area (Å²) in [5.74, 6) is -0.657. The zero-order valence-electron chi connectivity index (χ0n) is 14.1. The maximum atomic E-state index is 12.6. The smallest absolute Gasteiger partial charge is 0.308 e. The predicted molar refractivity (Wildman–Crippen MR) is 100 cm³/mol. The Hall–Kier alpha value is -1.92. The summed E-state index contributed by atoms with van der Waals surface area (Å²) in [5, 5.41) is 12.9. The highest BCUT2D eigenvalue weighted by molar-refractivity contribution is 7.13. The van der Waals surface area contributed by atoms with Crippen LogP contribution in [0.1, 0.15) is 18.5 Å². The maximum Gasteiger partial charge on any atom is 0.308 e. The molecule has 4 rings (SSSR count). The SMILES string of the molecule is O=C(O)[C@H]1CN(C(=O)Cc2csc(-c3ccc(Cl)cc3)n2)C[C@@H]1C1CC1. The molecule has 1 aliphatic heterocycles. The average Bonchev–Trinajstić information content (AvgIpc) is 3.18. The van der Waals surface area contributed by atoms with Crippen molar-refractivity contribution in [3.8, 4) is 10.6 Å². The van der Waals surface area contributed by atoms with E-state index >= 15 is 0 Å². The lowest BCUT2D eigenvalue weighted by molar-refractivity contribution is -0.142. The molecule has 2 fully saturated rings. The summed E-state index contributed by atoms with van der Waals surface area (Å²) in [6.07, 6.45) is 2.40. The monoisotopic (exact) mass is 390 g/mol. The van der Waals surface area contributed by atoms with Crippen LogP contribution in [0.5, 0.6) is 0 Å². The van der Waals surface area contributed by atoms with Gasteiger partial charge in [-0.05, 0) is 36.8 Å². The number of aromatic nitrogens is 1. The summed E-state index contributed by atoms with van der Waals surface area (Å²) in [7, 11) is 0. The lowest BCUT2D eigenvalue weighted by Crippen LogP contribution is -2.31. The first-order valence-corrected chi connectivity index (χ1v) is 9.98. The topological polar surface area (TPSA) is 70.5 Å². The van der Waals surface area contributed by atoms with Crippen LogP contribution < -0.4 is 0 Å². The standard InChI is InChI=1S/C19H19ClN2O3S/c20-13-5-3-12(4-6-13)18-21-14(10-26-18)7-17(23)22-8-15(11-1-2-11)16(9-22)19(24)25/h3-6,10-11,15-16H,1-2,7-9H2,(H,24,25)/t15-,16+/m1/s1. The molecule has 0 spiro atoms. The number of amides is 1. The summed E-state index contributed by atoms with van der Waals surface area (Å²) in [6, 6.07) is 7.45. The molecule has 2 heterocycles. The van der Waals surface area contributed by atoms with Crippen LogP contribution >= 0.6 is 22.9 Å². The lowest BCUT2D eigenvalue weighted by Gasteiger charge is -2.15. The summed E-state index contributed by atoms with van der Waals surface area (Å²) >= 11 is 7.40. The second-order valence-electron chi connectivity index (χ2n) is 7.07. The predicted octanol–water partition coefficient (Wildman–Crippen LogP) is 3.58. The quantitative estimate of drug-likeness (QED) is 0.847. The van der Waals surface area contributed by atoms with Gasteiger partial charge in [0.15, 0.2) is 0 Å². The van der Waals surface area contributed by atoms with E-state index < -0.39 is 11.9 Å². The number of thiazole rings is 1. The Morgan fingerprint density at radius 1 is 1.23 bits per heavy atom. The Morgan fingerprint density at radius 3 is 2.62 bits per heavy atom. The van der Waals surface area contributed by atoms with Gasteiger partial charge in [0, 0.05) is 29.1 Å². The van der Waals surface area contributed by atoms with Crippen LogP contribution in [0.2, 0.25) is 5.02 Å². The zero-order valence-corrected chi connectivity index (χ0v) is 15.7. The third-order valence-corrected chi connectivity index (χ3v) is 6.43. The Bertz CT molecular complexity index is 832. The minimum absolute atomic E-state index is 0.0349. The van der Waals surface area contributed by atoms with Gasteiger partial charge in [-0.3, -0.25) is 9.59 Å². The van der Waals surface area contributed by atoms with Gasteiger partial charge >= 0.3 is 5.97 Å². The highest BCUT2D eigenvalue weighted by Crippen LogP contribution is 2.44. The highest BCUT2D eigenvalue weighted by Gasteiger charge is 2.46. The number of aliphatic carboxylic acids is 1. The minimum atomic E-state index is -0.782. The molecule has 26 heavy (non-hydrogen) atoms. The number of benzene rings is 1. The molecule has 1 saturated heterocycles. The van der Waals surface area contributed by atoms with Gasteiger partial charge in [-0.1, -0.05) is 23.7 Å². The number of carboxylic acid groups (broad SMARTS) is 1. The first-order valence-electron chi connectivity index (χ1n) is 8.72. The third-order valence-electron chi connectivity index (χ3n) is 5.24. The molecule has 2 atom stereocenters. The normalized spacial score (nSPS) is 22.6. The second kappa shape index (κ2) is 7.00. The molecule has 0 radical (unpaired) electrons. The molecule has 0 unspecified atom stereocenters. The molecule has 2 aromatic rings. The van der Waals surface area contributed by atoms with Crippen molar-refractivity contribution < 1.29 is 14.7 Å². The number of hydrogen-bond donors (Lipinski definition) is 1. The number of likely N-dealkylation sites (tertiary alicyclic amines) is 1. The fourth-order valence-electron chi connectivity index (χ4n) is 3.68. The Labute approximate surface area is 160 Å². The maximum absolute atomic E-state index is 12.6. The molecular weight excluding hydrogens is 372 g/mol. The number of carboxylic acids is 1. The van der Waals surface area contributed by atoms with Crippen molar-refractivity contribution >= 4 is 34.8 Å². The van der Waals surface area contributed by atoms with E-state index in [4.69, 9.17) is 11.6 Å². The largest absolute Gasteiger partial charge is 0.481 e. The van der Waals surface area contributed by atoms with E-state index in [0.717, 1.165) is 29.1 Å². The van der Waals surface area contributed by atoms with Crippen molar-refractivity contribution in [2.75, 3.05) is 13.1 Å². The van der Waals surface area contributed by atoms with Gasteiger partial charge in [0.05, 0.1) is 18.0 Å². The van der Waals surface area contributed by atoms with Crippen LogP contribution in [-0.4, -0.2) is 40.0 Å². The number of carbonyl (C=O) groups is 2. The van der Waals surface area contributed by atoms with E-state index in [0.29, 0.717) is 24.0 Å². The summed E-state index contributed by atoms with van der Waals surface area (Å²) < 4.78 is 0. The van der Waals surface area contributed by atoms with Crippen LogP contribution in [-0.2, 0) is 16.0 Å². The molecule has 7 heteroatoms. The number of carbonyl (C=O) groups excluding carboxylic acids is 1. The van der Waals surface area contributed by atoms with Gasteiger partial charge in [-0.15, -0.1) is 11.3 Å². The number of rotatable bonds is 5. The fourth-order valence-corrected chi connectivity index (χ4v) is 4.63. The van der Waals surface area contributed by atoms with Gasteiger partial charge in [0.25, 0.3) is 0 Å². The molecule has 1 aromatic carbocycles. The molecule has 2 aliphatic rings. The van der Waals surface area contributed by atoms with Crippen LogP contribution in [0.3, 0.4) is 0 Å². The van der Waals surface area contributed by atoms with Crippen molar-refractivity contribution in [2.24, 2.45) is 17.8 Å². The first-order chi connectivity index (χ1) is 12.5. The molecule has 0 bridgehead atoms. The molecule has 1 aromatic heterocycles. The Balaban J connectivity index is 1.42. The molecule has 1 N–H and O–H groups in total. The fraction of sp³-hybridized carbons (Fsp3) is 0.421. The highest BCUT2D eigenvalue weighted by atomic mass is 35.5. The molecule has 136 valence electrons. The van der Waals surface area contributed by atoms with E-state index in [-0.39, 0.29) is 18.2 Å². The van der Waals surface area contributed by atoms with E-state index in [2.05, 4.69) is 4.98 Å².